The van der Waals surface area contributed by atoms with Gasteiger partial charge in [-0.05, 0) is 47.4 Å². The molecule has 0 unspecified atom stereocenters. The lowest BCUT2D eigenvalue weighted by Crippen LogP contribution is -2.36. The predicted octanol–water partition coefficient (Wildman–Crippen LogP) is 3.62. The molecule has 3 N–H and O–H groups in total. The summed E-state index contributed by atoms with van der Waals surface area (Å²) in [6, 6.07) is 14.3. The number of ether oxygens (including phenoxy) is 1. The summed E-state index contributed by atoms with van der Waals surface area (Å²) in [4.78, 5) is 21.8. The van der Waals surface area contributed by atoms with Gasteiger partial charge in [-0.2, -0.15) is 0 Å². The number of benzene rings is 2. The van der Waals surface area contributed by atoms with Crippen molar-refractivity contribution < 1.29 is 9.53 Å². The van der Waals surface area contributed by atoms with Crippen molar-refractivity contribution in [3.05, 3.63) is 70.2 Å². The van der Waals surface area contributed by atoms with Crippen LogP contribution in [0.25, 0.3) is 0 Å². The molecule has 1 saturated heterocycles. The van der Waals surface area contributed by atoms with E-state index in [0.29, 0.717) is 0 Å². The Kier molecular flexibility index (Phi) is 5.96. The fourth-order valence-electron chi connectivity index (χ4n) is 4.31. The number of hydrogen-bond acceptors (Lipinski definition) is 6. The van der Waals surface area contributed by atoms with Crippen LogP contribution in [0.4, 0.5) is 21.3 Å². The third kappa shape index (κ3) is 4.71. The summed E-state index contributed by atoms with van der Waals surface area (Å²) in [5, 5.41) is 3.71. The molecule has 0 bridgehead atoms. The lowest BCUT2D eigenvalue weighted by atomic mass is 9.99. The van der Waals surface area contributed by atoms with E-state index < -0.39 is 6.03 Å². The van der Waals surface area contributed by atoms with E-state index in [0.717, 1.165) is 63.1 Å². The monoisotopic (exact) mass is 449 g/mol. The Balaban J connectivity index is 1.24. The summed E-state index contributed by atoms with van der Waals surface area (Å²) in [5.74, 6) is 0. The van der Waals surface area contributed by atoms with Crippen LogP contribution in [0.2, 0.25) is 0 Å². The number of carbonyl (C=O) groups excluding carboxylic acids is 1. The van der Waals surface area contributed by atoms with Crippen LogP contribution in [0.15, 0.2) is 48.7 Å². The lowest BCUT2D eigenvalue weighted by Gasteiger charge is -2.29. The van der Waals surface area contributed by atoms with Gasteiger partial charge in [-0.25, -0.2) is 9.78 Å². The minimum Gasteiger partial charge on any atom is -0.378 e. The summed E-state index contributed by atoms with van der Waals surface area (Å²) in [6.07, 6.45) is 3.85. The number of nitrogens with two attached hydrogens (primary N) is 1. The van der Waals surface area contributed by atoms with Crippen molar-refractivity contribution in [1.82, 2.24) is 4.98 Å². The molecule has 0 spiro atoms. The van der Waals surface area contributed by atoms with E-state index in [9.17, 15) is 4.79 Å². The minimum atomic E-state index is -0.542. The van der Waals surface area contributed by atoms with E-state index in [-0.39, 0.29) is 0 Å². The second-order valence-electron chi connectivity index (χ2n) is 8.20. The molecule has 166 valence electrons. The van der Waals surface area contributed by atoms with Crippen LogP contribution in [-0.4, -0.2) is 43.9 Å². The van der Waals surface area contributed by atoms with Crippen LogP contribution in [-0.2, 0) is 24.1 Å². The summed E-state index contributed by atoms with van der Waals surface area (Å²) < 4.78 is 5.44. The number of anilines is 3. The van der Waals surface area contributed by atoms with Crippen LogP contribution < -0.4 is 20.9 Å². The number of amides is 2. The molecule has 0 atom stereocenters. The largest absolute Gasteiger partial charge is 0.378 e. The molecule has 32 heavy (non-hydrogen) atoms. The molecule has 0 aliphatic carbocycles. The van der Waals surface area contributed by atoms with Crippen molar-refractivity contribution in [1.29, 1.82) is 0 Å². The number of nitrogens with zero attached hydrogens (tertiary/aromatic N) is 3. The first kappa shape index (κ1) is 20.8. The van der Waals surface area contributed by atoms with Gasteiger partial charge in [0.15, 0.2) is 5.13 Å². The molecular formula is C24H27N5O2S. The molecule has 7 nitrogen and oxygen atoms in total. The zero-order valence-corrected chi connectivity index (χ0v) is 18.7. The van der Waals surface area contributed by atoms with Crippen LogP contribution in [0, 0.1) is 0 Å². The average Bonchev–Trinajstić information content (AvgIpc) is 3.28. The molecule has 3 aromatic rings. The second kappa shape index (κ2) is 9.18. The summed E-state index contributed by atoms with van der Waals surface area (Å²) in [5.41, 5.74) is 11.1. The van der Waals surface area contributed by atoms with Gasteiger partial charge in [0, 0.05) is 55.0 Å². The Labute approximate surface area is 191 Å². The number of aromatic nitrogens is 1. The molecule has 1 aromatic heterocycles. The normalized spacial score (nSPS) is 16.0. The van der Waals surface area contributed by atoms with E-state index in [2.05, 4.69) is 45.4 Å². The molecule has 0 saturated carbocycles. The number of thiazole rings is 1. The molecule has 2 aliphatic heterocycles. The van der Waals surface area contributed by atoms with Crippen molar-refractivity contribution in [3.63, 3.8) is 0 Å². The van der Waals surface area contributed by atoms with Crippen molar-refractivity contribution >= 4 is 33.9 Å². The van der Waals surface area contributed by atoms with E-state index in [4.69, 9.17) is 15.5 Å². The molecular weight excluding hydrogens is 422 g/mol. The quantitative estimate of drug-likeness (QED) is 0.622. The van der Waals surface area contributed by atoms with Crippen molar-refractivity contribution in [3.8, 4) is 0 Å². The molecule has 8 heteroatoms. The number of hydrogen-bond donors (Lipinski definition) is 2. The van der Waals surface area contributed by atoms with Gasteiger partial charge in [0.25, 0.3) is 0 Å². The maximum atomic E-state index is 11.2. The van der Waals surface area contributed by atoms with E-state index in [1.54, 1.807) is 11.3 Å². The van der Waals surface area contributed by atoms with Gasteiger partial charge in [-0.3, -0.25) is 0 Å². The number of nitrogens with one attached hydrogen (secondary N) is 1. The third-order valence-electron chi connectivity index (χ3n) is 5.99. The highest BCUT2D eigenvalue weighted by Gasteiger charge is 2.20. The Morgan fingerprint density at radius 2 is 1.88 bits per heavy atom. The van der Waals surface area contributed by atoms with Crippen LogP contribution >= 0.6 is 11.3 Å². The minimum absolute atomic E-state index is 0.542. The first-order chi connectivity index (χ1) is 15.6. The van der Waals surface area contributed by atoms with Crippen molar-refractivity contribution in [2.75, 3.05) is 48.0 Å². The van der Waals surface area contributed by atoms with Crippen LogP contribution in [0.3, 0.4) is 0 Å². The van der Waals surface area contributed by atoms with Crippen LogP contribution in [0.5, 0.6) is 0 Å². The van der Waals surface area contributed by atoms with Crippen LogP contribution in [0.1, 0.15) is 21.6 Å². The molecule has 2 amide bonds. The van der Waals surface area contributed by atoms with E-state index >= 15 is 0 Å². The third-order valence-corrected chi connectivity index (χ3v) is 7.05. The number of urea groups is 1. The highest BCUT2D eigenvalue weighted by molar-refractivity contribution is 7.15. The fraction of sp³-hybridized carbons (Fsp3) is 0.333. The summed E-state index contributed by atoms with van der Waals surface area (Å²) in [6.45, 7) is 5.24. The number of rotatable bonds is 5. The lowest BCUT2D eigenvalue weighted by molar-refractivity contribution is 0.122. The Morgan fingerprint density at radius 3 is 2.66 bits per heavy atom. The molecule has 1 fully saturated rings. The molecule has 3 heterocycles. The maximum absolute atomic E-state index is 11.2. The molecule has 2 aliphatic rings. The first-order valence-corrected chi connectivity index (χ1v) is 11.8. The van der Waals surface area contributed by atoms with Gasteiger partial charge in [-0.15, -0.1) is 11.3 Å². The van der Waals surface area contributed by atoms with Gasteiger partial charge in [-0.1, -0.05) is 18.2 Å². The van der Waals surface area contributed by atoms with Gasteiger partial charge in [0.2, 0.25) is 0 Å². The average molecular weight is 450 g/mol. The van der Waals surface area contributed by atoms with E-state index in [1.165, 1.54) is 27.3 Å². The zero-order valence-electron chi connectivity index (χ0n) is 17.9. The van der Waals surface area contributed by atoms with Gasteiger partial charge < -0.3 is 25.6 Å². The van der Waals surface area contributed by atoms with E-state index in [1.807, 2.05) is 18.3 Å². The Bertz CT molecular complexity index is 1090. The highest BCUT2D eigenvalue weighted by Crippen LogP contribution is 2.30. The fourth-order valence-corrected chi connectivity index (χ4v) is 5.28. The predicted molar refractivity (Wildman–Crippen MR) is 129 cm³/mol. The number of morpholine rings is 1. The SMILES string of the molecule is NC(=O)Nc1ccc2c(c1)CN(c1ncc(Cc3ccc(N4CCOCC4)cc3)s1)CC2. The Hall–Kier alpha value is -3.10. The standard InChI is InChI=1S/C24H27N5O2S/c25-23(30)27-20-4-3-18-7-8-29(16-19(18)14-20)24-26-15-22(32-24)13-17-1-5-21(6-2-17)28-9-11-31-12-10-28/h1-6,14-15H,7-13,16H2,(H3,25,27,30). The number of carbonyl (C=O) groups is 1. The van der Waals surface area contributed by atoms with Gasteiger partial charge in [0.1, 0.15) is 0 Å². The maximum Gasteiger partial charge on any atom is 0.316 e. The van der Waals surface area contributed by atoms with Crippen molar-refractivity contribution in [2.24, 2.45) is 5.73 Å². The summed E-state index contributed by atoms with van der Waals surface area (Å²) >= 11 is 1.75. The van der Waals surface area contributed by atoms with Gasteiger partial charge in [0.05, 0.1) is 13.2 Å². The molecule has 5 rings (SSSR count). The highest BCUT2D eigenvalue weighted by atomic mass is 32.1. The topological polar surface area (TPSA) is 83.7 Å². The van der Waals surface area contributed by atoms with Gasteiger partial charge >= 0.3 is 6.03 Å². The smallest absolute Gasteiger partial charge is 0.316 e. The van der Waals surface area contributed by atoms with Crippen molar-refractivity contribution in [2.45, 2.75) is 19.4 Å². The molecule has 2 aromatic carbocycles. The first-order valence-electron chi connectivity index (χ1n) is 10.9. The molecule has 0 radical (unpaired) electrons. The second-order valence-corrected chi connectivity index (χ2v) is 9.29. The summed E-state index contributed by atoms with van der Waals surface area (Å²) in [7, 11) is 0. The number of fused-ring (bicyclic) bond motifs is 1. The Morgan fingerprint density at radius 1 is 1.06 bits per heavy atom. The zero-order chi connectivity index (χ0) is 21.9. The number of primary amides is 1.